The molecule has 6 N–H and O–H groups in total. The van der Waals surface area contributed by atoms with Gasteiger partial charge in [-0.1, -0.05) is 140 Å². The number of nitrogens with one attached hydrogen (secondary N) is 1. The molecule has 298 valence electrons. The minimum absolute atomic E-state index is 0.199. The predicted octanol–water partition coefficient (Wildman–Crippen LogP) is 7.72. The van der Waals surface area contributed by atoms with Gasteiger partial charge in [0.25, 0.3) is 0 Å². The SMILES string of the molecule is CCCCCCC/C=C\CCCCCCCC(=O)NC(COC1OC(CO)C(O)C(O)C1O)C(O)/C=C/CC/C=C/CCCCCCCCCC. The number of carbonyl (C=O) groups is 1. The summed E-state index contributed by atoms with van der Waals surface area (Å²) < 4.78 is 11.2. The zero-order valence-electron chi connectivity index (χ0n) is 32.4. The van der Waals surface area contributed by atoms with Crippen LogP contribution in [0.1, 0.15) is 168 Å². The highest BCUT2D eigenvalue weighted by Crippen LogP contribution is 2.22. The first-order valence-electron chi connectivity index (χ1n) is 20.7. The molecule has 0 aromatic carbocycles. The Hall–Kier alpha value is -1.59. The third-order valence-corrected chi connectivity index (χ3v) is 9.69. The number of carbonyl (C=O) groups excluding carboxylic acids is 1. The number of rotatable bonds is 33. The van der Waals surface area contributed by atoms with Gasteiger partial charge in [-0.25, -0.2) is 0 Å². The second-order valence-electron chi connectivity index (χ2n) is 14.4. The van der Waals surface area contributed by atoms with Crippen LogP contribution in [-0.4, -0.2) is 87.5 Å². The van der Waals surface area contributed by atoms with Crippen molar-refractivity contribution in [2.45, 2.75) is 211 Å². The minimum atomic E-state index is -1.57. The highest BCUT2D eigenvalue weighted by Gasteiger charge is 2.44. The zero-order chi connectivity index (χ0) is 37.4. The smallest absolute Gasteiger partial charge is 0.220 e. The van der Waals surface area contributed by atoms with Crippen molar-refractivity contribution in [3.63, 3.8) is 0 Å². The van der Waals surface area contributed by atoms with Gasteiger partial charge in [0.15, 0.2) is 6.29 Å². The lowest BCUT2D eigenvalue weighted by molar-refractivity contribution is -0.302. The van der Waals surface area contributed by atoms with Crippen LogP contribution in [0, 0.1) is 0 Å². The molecular weight excluding hydrogens is 646 g/mol. The largest absolute Gasteiger partial charge is 0.394 e. The molecule has 7 atom stereocenters. The molecule has 1 rings (SSSR count). The van der Waals surface area contributed by atoms with Crippen molar-refractivity contribution in [1.29, 1.82) is 0 Å². The predicted molar refractivity (Wildman–Crippen MR) is 207 cm³/mol. The fourth-order valence-electron chi connectivity index (χ4n) is 6.28. The molecule has 1 amide bonds. The summed E-state index contributed by atoms with van der Waals surface area (Å²) in [5.41, 5.74) is 0. The van der Waals surface area contributed by atoms with Crippen molar-refractivity contribution in [2.24, 2.45) is 0 Å². The van der Waals surface area contributed by atoms with Crippen LogP contribution >= 0.6 is 0 Å². The molecule has 0 spiro atoms. The molecule has 0 saturated carbocycles. The highest BCUT2D eigenvalue weighted by molar-refractivity contribution is 5.76. The molecule has 7 unspecified atom stereocenters. The Kier molecular flexibility index (Phi) is 30.7. The van der Waals surface area contributed by atoms with Gasteiger partial charge in [0.05, 0.1) is 25.4 Å². The van der Waals surface area contributed by atoms with Gasteiger partial charge in [-0.15, -0.1) is 0 Å². The Morgan fingerprint density at radius 1 is 0.647 bits per heavy atom. The van der Waals surface area contributed by atoms with Gasteiger partial charge in [-0.3, -0.25) is 4.79 Å². The summed E-state index contributed by atoms with van der Waals surface area (Å²) in [7, 11) is 0. The van der Waals surface area contributed by atoms with E-state index in [0.717, 1.165) is 57.8 Å². The van der Waals surface area contributed by atoms with Gasteiger partial charge in [-0.2, -0.15) is 0 Å². The summed E-state index contributed by atoms with van der Waals surface area (Å²) in [6, 6.07) is -0.822. The van der Waals surface area contributed by atoms with E-state index in [1.165, 1.54) is 89.9 Å². The molecule has 0 aromatic heterocycles. The van der Waals surface area contributed by atoms with Gasteiger partial charge < -0.3 is 40.3 Å². The molecule has 1 saturated heterocycles. The van der Waals surface area contributed by atoms with E-state index >= 15 is 0 Å². The summed E-state index contributed by atoms with van der Waals surface area (Å²) in [5.74, 6) is -0.199. The molecule has 1 aliphatic rings. The number of ether oxygens (including phenoxy) is 2. The van der Waals surface area contributed by atoms with Crippen LogP contribution in [0.5, 0.6) is 0 Å². The van der Waals surface area contributed by atoms with Gasteiger partial charge in [0.1, 0.15) is 24.4 Å². The Morgan fingerprint density at radius 2 is 1.12 bits per heavy atom. The number of hydrogen-bond donors (Lipinski definition) is 6. The van der Waals surface area contributed by atoms with Crippen LogP contribution in [0.4, 0.5) is 0 Å². The molecule has 0 aliphatic carbocycles. The molecule has 9 nitrogen and oxygen atoms in total. The fraction of sp³-hybridized carbons (Fsp3) is 0.833. The maximum atomic E-state index is 12.9. The van der Waals surface area contributed by atoms with E-state index in [4.69, 9.17) is 9.47 Å². The topological polar surface area (TPSA) is 149 Å². The Balaban J connectivity index is 2.46. The van der Waals surface area contributed by atoms with Crippen molar-refractivity contribution in [3.05, 3.63) is 36.5 Å². The summed E-state index contributed by atoms with van der Waals surface area (Å²) in [6.45, 7) is 3.71. The van der Waals surface area contributed by atoms with E-state index in [2.05, 4.69) is 43.5 Å². The van der Waals surface area contributed by atoms with Crippen LogP contribution in [-0.2, 0) is 14.3 Å². The molecule has 1 heterocycles. The number of hydrogen-bond acceptors (Lipinski definition) is 8. The Morgan fingerprint density at radius 3 is 1.65 bits per heavy atom. The molecule has 51 heavy (non-hydrogen) atoms. The van der Waals surface area contributed by atoms with E-state index in [1.54, 1.807) is 6.08 Å². The number of amides is 1. The third-order valence-electron chi connectivity index (χ3n) is 9.69. The first-order valence-corrected chi connectivity index (χ1v) is 20.7. The highest BCUT2D eigenvalue weighted by atomic mass is 16.7. The van der Waals surface area contributed by atoms with Gasteiger partial charge in [0.2, 0.25) is 5.91 Å². The maximum Gasteiger partial charge on any atom is 0.220 e. The van der Waals surface area contributed by atoms with Crippen molar-refractivity contribution in [2.75, 3.05) is 13.2 Å². The van der Waals surface area contributed by atoms with Gasteiger partial charge in [0, 0.05) is 6.42 Å². The Bertz CT molecular complexity index is 894. The maximum absolute atomic E-state index is 12.9. The molecular formula is C42H77NO8. The number of aliphatic hydroxyl groups is 5. The van der Waals surface area contributed by atoms with Crippen molar-refractivity contribution in [3.8, 4) is 0 Å². The van der Waals surface area contributed by atoms with Crippen LogP contribution < -0.4 is 5.32 Å². The van der Waals surface area contributed by atoms with E-state index in [-0.39, 0.29) is 12.5 Å². The monoisotopic (exact) mass is 724 g/mol. The van der Waals surface area contributed by atoms with E-state index < -0.39 is 49.5 Å². The summed E-state index contributed by atoms with van der Waals surface area (Å²) in [6.07, 6.45) is 31.8. The summed E-state index contributed by atoms with van der Waals surface area (Å²) in [5, 5.41) is 54.0. The average Bonchev–Trinajstić information content (AvgIpc) is 3.13. The normalized spacial score (nSPS) is 22.4. The lowest BCUT2D eigenvalue weighted by atomic mass is 9.99. The molecule has 1 aliphatic heterocycles. The van der Waals surface area contributed by atoms with Crippen molar-refractivity contribution < 1.29 is 39.8 Å². The summed E-state index contributed by atoms with van der Waals surface area (Å²) in [4.78, 5) is 12.9. The fourth-order valence-corrected chi connectivity index (χ4v) is 6.28. The molecule has 1 fully saturated rings. The Labute approximate surface area is 311 Å². The second-order valence-corrected chi connectivity index (χ2v) is 14.4. The molecule has 0 bridgehead atoms. The lowest BCUT2D eigenvalue weighted by Crippen LogP contribution is -2.60. The van der Waals surface area contributed by atoms with Crippen LogP contribution in [0.3, 0.4) is 0 Å². The molecule has 0 aromatic rings. The molecule has 0 radical (unpaired) electrons. The number of aliphatic hydroxyl groups excluding tert-OH is 5. The minimum Gasteiger partial charge on any atom is -0.394 e. The van der Waals surface area contributed by atoms with E-state index in [0.29, 0.717) is 6.42 Å². The van der Waals surface area contributed by atoms with Gasteiger partial charge in [-0.05, 0) is 57.8 Å². The van der Waals surface area contributed by atoms with E-state index in [1.807, 2.05) is 6.08 Å². The van der Waals surface area contributed by atoms with Crippen LogP contribution in [0.25, 0.3) is 0 Å². The van der Waals surface area contributed by atoms with Crippen LogP contribution in [0.15, 0.2) is 36.5 Å². The van der Waals surface area contributed by atoms with Crippen molar-refractivity contribution in [1.82, 2.24) is 5.32 Å². The van der Waals surface area contributed by atoms with Gasteiger partial charge >= 0.3 is 0 Å². The quantitative estimate of drug-likeness (QED) is 0.0298. The summed E-state index contributed by atoms with van der Waals surface area (Å²) >= 11 is 0. The lowest BCUT2D eigenvalue weighted by Gasteiger charge is -2.40. The number of allylic oxidation sites excluding steroid dienone is 5. The van der Waals surface area contributed by atoms with Crippen LogP contribution in [0.2, 0.25) is 0 Å². The second kappa shape index (κ2) is 33.0. The van der Waals surface area contributed by atoms with Crippen molar-refractivity contribution >= 4 is 5.91 Å². The first-order chi connectivity index (χ1) is 24.8. The van der Waals surface area contributed by atoms with E-state index in [9.17, 15) is 30.3 Å². The zero-order valence-corrected chi connectivity index (χ0v) is 32.4. The first kappa shape index (κ1) is 47.4. The standard InChI is InChI=1S/C42H77NO8/c1-3-5-7-9-11-13-15-17-19-21-23-25-27-29-31-36(45)35(34-50-42-41(49)40(48)39(47)37(33-44)51-42)43-38(46)32-30-28-26-24-22-20-18-16-14-12-10-8-6-4-2/h16,18,21,23,29,31,35-37,39-42,44-45,47-49H,3-15,17,19-20,22,24-28,30,32-34H2,1-2H3,(H,43,46)/b18-16-,23-21+,31-29+. The number of unbranched alkanes of at least 4 members (excludes halogenated alkanes) is 19. The average molecular weight is 724 g/mol. The molecule has 9 heteroatoms. The third kappa shape index (κ3) is 24.4.